The van der Waals surface area contributed by atoms with Gasteiger partial charge in [-0.25, -0.2) is 4.39 Å². The fraction of sp³-hybridized carbons (Fsp3) is 0.0435. The highest BCUT2D eigenvalue weighted by molar-refractivity contribution is 5.85. The van der Waals surface area contributed by atoms with Crippen LogP contribution in [0.25, 0.3) is 16.7 Å². The third-order valence-electron chi connectivity index (χ3n) is 4.86. The quantitative estimate of drug-likeness (QED) is 0.484. The number of ether oxygens (including phenoxy) is 1. The van der Waals surface area contributed by atoms with Crippen molar-refractivity contribution in [1.82, 2.24) is 4.98 Å². The van der Waals surface area contributed by atoms with Gasteiger partial charge in [0.05, 0.1) is 0 Å². The second-order valence-electron chi connectivity index (χ2n) is 6.45. The van der Waals surface area contributed by atoms with Gasteiger partial charge in [-0.05, 0) is 35.9 Å². The highest BCUT2D eigenvalue weighted by Gasteiger charge is 2.25. The topological polar surface area (TPSA) is 25.0 Å². The number of hydrogen-bond acceptors (Lipinski definition) is 1. The number of hydrogen-bond donors (Lipinski definition) is 1. The van der Waals surface area contributed by atoms with Crippen molar-refractivity contribution >= 4 is 16.7 Å². The molecule has 0 spiro atoms. The van der Waals surface area contributed by atoms with Crippen molar-refractivity contribution in [2.75, 3.05) is 0 Å². The van der Waals surface area contributed by atoms with Crippen LogP contribution in [0.4, 0.5) is 4.39 Å². The van der Waals surface area contributed by atoms with Gasteiger partial charge < -0.3 is 9.72 Å². The Kier molecular flexibility index (Phi) is 3.39. The molecule has 0 radical (unpaired) electrons. The van der Waals surface area contributed by atoms with Crippen LogP contribution in [0, 0.1) is 5.82 Å². The zero-order valence-electron chi connectivity index (χ0n) is 13.9. The van der Waals surface area contributed by atoms with E-state index in [1.165, 1.54) is 6.07 Å². The summed E-state index contributed by atoms with van der Waals surface area (Å²) in [4.78, 5) is 3.26. The van der Waals surface area contributed by atoms with Gasteiger partial charge in [-0.3, -0.25) is 0 Å². The van der Waals surface area contributed by atoms with Crippen molar-refractivity contribution in [2.45, 2.75) is 5.92 Å². The maximum absolute atomic E-state index is 13.8. The third kappa shape index (κ3) is 2.40. The summed E-state index contributed by atoms with van der Waals surface area (Å²) in [6.45, 7) is 0. The van der Waals surface area contributed by atoms with Crippen LogP contribution in [0.2, 0.25) is 0 Å². The Morgan fingerprint density at radius 3 is 2.54 bits per heavy atom. The summed E-state index contributed by atoms with van der Waals surface area (Å²) < 4.78 is 20.0. The molecule has 0 aliphatic carbocycles. The van der Waals surface area contributed by atoms with E-state index >= 15 is 0 Å². The molecule has 1 unspecified atom stereocenters. The molecule has 2 nitrogen and oxygen atoms in total. The van der Waals surface area contributed by atoms with Crippen molar-refractivity contribution in [1.29, 1.82) is 0 Å². The second-order valence-corrected chi connectivity index (χ2v) is 6.45. The maximum Gasteiger partial charge on any atom is 0.131 e. The summed E-state index contributed by atoms with van der Waals surface area (Å²) in [5.41, 5.74) is 4.08. The second kappa shape index (κ2) is 5.88. The largest absolute Gasteiger partial charge is 0.457 e. The summed E-state index contributed by atoms with van der Waals surface area (Å²) in [6, 6.07) is 22.9. The smallest absolute Gasteiger partial charge is 0.131 e. The highest BCUT2D eigenvalue weighted by Crippen LogP contribution is 2.42. The fourth-order valence-electron chi connectivity index (χ4n) is 3.61. The lowest BCUT2D eigenvalue weighted by molar-refractivity contribution is 0.493. The summed E-state index contributed by atoms with van der Waals surface area (Å²) in [5, 5.41) is 0.898. The molecule has 126 valence electrons. The van der Waals surface area contributed by atoms with Gasteiger partial charge in [-0.2, -0.15) is 0 Å². The molecule has 0 saturated carbocycles. The Morgan fingerprint density at radius 2 is 1.65 bits per heavy atom. The lowest BCUT2D eigenvalue weighted by Crippen LogP contribution is -2.10. The molecule has 1 aliphatic heterocycles. The molecule has 3 heteroatoms. The predicted octanol–water partition coefficient (Wildman–Crippen LogP) is 5.87. The average Bonchev–Trinajstić information content (AvgIpc) is 3.10. The normalized spacial score (nSPS) is 16.0. The van der Waals surface area contributed by atoms with E-state index in [0.717, 1.165) is 39.1 Å². The highest BCUT2D eigenvalue weighted by atomic mass is 19.1. The van der Waals surface area contributed by atoms with Crippen LogP contribution in [0.5, 0.6) is 5.75 Å². The Hall–Kier alpha value is -3.33. The van der Waals surface area contributed by atoms with E-state index < -0.39 is 0 Å². The van der Waals surface area contributed by atoms with Gasteiger partial charge in [0.15, 0.2) is 0 Å². The van der Waals surface area contributed by atoms with E-state index in [1.807, 2.05) is 54.7 Å². The van der Waals surface area contributed by atoms with Gasteiger partial charge >= 0.3 is 0 Å². The van der Waals surface area contributed by atoms with Crippen LogP contribution in [-0.4, -0.2) is 4.98 Å². The number of aromatic nitrogens is 1. The summed E-state index contributed by atoms with van der Waals surface area (Å²) in [5.74, 6) is 1.42. The van der Waals surface area contributed by atoms with Crippen LogP contribution in [-0.2, 0) is 0 Å². The minimum absolute atomic E-state index is 0.00861. The van der Waals surface area contributed by atoms with Crippen molar-refractivity contribution in [2.24, 2.45) is 0 Å². The number of halogens is 1. The van der Waals surface area contributed by atoms with Crippen LogP contribution < -0.4 is 4.74 Å². The monoisotopic (exact) mass is 341 g/mol. The number of aromatic amines is 1. The van der Waals surface area contributed by atoms with E-state index in [4.69, 9.17) is 4.74 Å². The van der Waals surface area contributed by atoms with Crippen molar-refractivity contribution in [3.05, 3.63) is 108 Å². The lowest BCUT2D eigenvalue weighted by Gasteiger charge is -2.25. The van der Waals surface area contributed by atoms with Crippen LogP contribution in [0.15, 0.2) is 85.1 Å². The SMILES string of the molecule is Fc1ccc2[nH]cc(C3C=C(c4ccccc4)Oc4ccccc43)c2c1. The summed E-state index contributed by atoms with van der Waals surface area (Å²) in [7, 11) is 0. The Bertz CT molecular complexity index is 1130. The van der Waals surface area contributed by atoms with E-state index in [0.29, 0.717) is 0 Å². The van der Waals surface area contributed by atoms with Gasteiger partial charge in [-0.15, -0.1) is 0 Å². The Labute approximate surface area is 150 Å². The number of rotatable bonds is 2. The first-order valence-electron chi connectivity index (χ1n) is 8.60. The summed E-state index contributed by atoms with van der Waals surface area (Å²) in [6.07, 6.45) is 4.08. The molecule has 1 aromatic heterocycles. The summed E-state index contributed by atoms with van der Waals surface area (Å²) >= 11 is 0. The van der Waals surface area contributed by atoms with Crippen molar-refractivity contribution in [3.8, 4) is 5.75 Å². The molecule has 1 atom stereocenters. The molecule has 0 amide bonds. The van der Waals surface area contributed by atoms with Crippen LogP contribution in [0.3, 0.4) is 0 Å². The number of benzene rings is 3. The number of allylic oxidation sites excluding steroid dienone is 1. The first-order chi connectivity index (χ1) is 12.8. The molecule has 3 aromatic carbocycles. The number of para-hydroxylation sites is 1. The molecule has 0 saturated heterocycles. The number of fused-ring (bicyclic) bond motifs is 2. The van der Waals surface area contributed by atoms with Gasteiger partial charge in [0.25, 0.3) is 0 Å². The van der Waals surface area contributed by atoms with E-state index in [-0.39, 0.29) is 11.7 Å². The third-order valence-corrected chi connectivity index (χ3v) is 4.86. The molecule has 2 heterocycles. The van der Waals surface area contributed by atoms with Gasteiger partial charge in [-0.1, -0.05) is 48.5 Å². The molecular weight excluding hydrogens is 325 g/mol. The lowest BCUT2D eigenvalue weighted by atomic mass is 9.87. The molecule has 1 aliphatic rings. The molecule has 0 bridgehead atoms. The van der Waals surface area contributed by atoms with Gasteiger partial charge in [0.2, 0.25) is 0 Å². The Morgan fingerprint density at radius 1 is 0.846 bits per heavy atom. The Balaban J connectivity index is 1.72. The standard InChI is InChI=1S/C23H16FNO/c24-16-10-11-21-19(12-16)20(14-25-21)18-13-23(15-6-2-1-3-7-15)26-22-9-5-4-8-17(18)22/h1-14,18,25H. The molecular formula is C23H16FNO. The van der Waals surface area contributed by atoms with Crippen LogP contribution >= 0.6 is 0 Å². The predicted molar refractivity (Wildman–Crippen MR) is 102 cm³/mol. The first-order valence-corrected chi connectivity index (χ1v) is 8.60. The average molecular weight is 341 g/mol. The zero-order chi connectivity index (χ0) is 17.5. The van der Waals surface area contributed by atoms with E-state index in [9.17, 15) is 4.39 Å². The van der Waals surface area contributed by atoms with E-state index in [1.54, 1.807) is 12.1 Å². The van der Waals surface area contributed by atoms with Gasteiger partial charge in [0, 0.05) is 34.1 Å². The molecule has 0 fully saturated rings. The fourth-order valence-corrected chi connectivity index (χ4v) is 3.61. The van der Waals surface area contributed by atoms with Gasteiger partial charge in [0.1, 0.15) is 17.3 Å². The molecule has 5 rings (SSSR count). The molecule has 26 heavy (non-hydrogen) atoms. The number of nitrogens with one attached hydrogen (secondary N) is 1. The zero-order valence-corrected chi connectivity index (χ0v) is 13.9. The molecule has 4 aromatic rings. The minimum Gasteiger partial charge on any atom is -0.457 e. The first kappa shape index (κ1) is 15.0. The maximum atomic E-state index is 13.8. The molecule has 1 N–H and O–H groups in total. The van der Waals surface area contributed by atoms with Crippen molar-refractivity contribution < 1.29 is 9.13 Å². The van der Waals surface area contributed by atoms with Crippen molar-refractivity contribution in [3.63, 3.8) is 0 Å². The van der Waals surface area contributed by atoms with E-state index in [2.05, 4.69) is 17.1 Å². The number of H-pyrrole nitrogens is 1. The van der Waals surface area contributed by atoms with Crippen LogP contribution in [0.1, 0.15) is 22.6 Å². The minimum atomic E-state index is -0.231.